The van der Waals surface area contributed by atoms with Crippen LogP contribution in [-0.4, -0.2) is 80.7 Å². The molecule has 2 heterocycles. The Balaban J connectivity index is 1.79. The first kappa shape index (κ1) is 24.1. The Bertz CT molecular complexity index is 490. The van der Waals surface area contributed by atoms with Crippen molar-refractivity contribution in [3.63, 3.8) is 0 Å². The van der Waals surface area contributed by atoms with Gasteiger partial charge in [0.2, 0.25) is 0 Å². The molecule has 2 saturated heterocycles. The molecule has 2 aliphatic heterocycles. The summed E-state index contributed by atoms with van der Waals surface area (Å²) in [6, 6.07) is 0.607. The number of hydrogen-bond acceptors (Lipinski definition) is 5. The fourth-order valence-corrected chi connectivity index (χ4v) is 4.69. The van der Waals surface area contributed by atoms with E-state index in [2.05, 4.69) is 11.8 Å². The largest absolute Gasteiger partial charge is 0.450 e. The van der Waals surface area contributed by atoms with Crippen LogP contribution in [0.3, 0.4) is 0 Å². The fraction of sp³-hybridized carbons (Fsp3) is 0.913. The molecule has 2 rings (SSSR count). The van der Waals surface area contributed by atoms with E-state index in [0.29, 0.717) is 18.6 Å². The first-order valence-corrected chi connectivity index (χ1v) is 11.9. The van der Waals surface area contributed by atoms with Crippen LogP contribution in [0.25, 0.3) is 0 Å². The Morgan fingerprint density at radius 3 is 2.52 bits per heavy atom. The Morgan fingerprint density at radius 2 is 1.83 bits per heavy atom. The average Bonchev–Trinajstić information content (AvgIpc) is 2.99. The summed E-state index contributed by atoms with van der Waals surface area (Å²) in [5.74, 6) is 0.662. The van der Waals surface area contributed by atoms with Crippen molar-refractivity contribution in [2.45, 2.75) is 77.7 Å². The Morgan fingerprint density at radius 1 is 1.03 bits per heavy atom. The number of hydrogen-bond donors (Lipinski definition) is 0. The van der Waals surface area contributed by atoms with Crippen molar-refractivity contribution in [2.75, 3.05) is 53.0 Å². The van der Waals surface area contributed by atoms with Gasteiger partial charge < -0.3 is 19.3 Å². The van der Waals surface area contributed by atoms with Crippen LogP contribution in [0.15, 0.2) is 4.99 Å². The summed E-state index contributed by atoms with van der Waals surface area (Å²) in [7, 11) is 1.77. The summed E-state index contributed by atoms with van der Waals surface area (Å²) >= 11 is 0. The first-order valence-electron chi connectivity index (χ1n) is 11.9. The predicted molar refractivity (Wildman–Crippen MR) is 119 cm³/mol. The number of piperidine rings is 1. The first-order chi connectivity index (χ1) is 14.2. The zero-order chi connectivity index (χ0) is 20.9. The highest BCUT2D eigenvalue weighted by Crippen LogP contribution is 2.26. The monoisotopic (exact) mass is 409 g/mol. The van der Waals surface area contributed by atoms with Gasteiger partial charge in [0, 0.05) is 45.1 Å². The highest BCUT2D eigenvalue weighted by atomic mass is 16.6. The summed E-state index contributed by atoms with van der Waals surface area (Å²) in [6.07, 6.45) is 10.2. The molecular formula is C23H43N3O3. The average molecular weight is 410 g/mol. The normalized spacial score (nSPS) is 22.5. The van der Waals surface area contributed by atoms with E-state index in [1.807, 2.05) is 11.8 Å². The Labute approximate surface area is 178 Å². The number of unbranched alkanes of at least 4 members (excludes halogenated alkanes) is 1. The lowest BCUT2D eigenvalue weighted by Gasteiger charge is -2.37. The number of nitrogens with zero attached hydrogens (tertiary/aromatic N) is 3. The van der Waals surface area contributed by atoms with E-state index < -0.39 is 0 Å². The van der Waals surface area contributed by atoms with Crippen LogP contribution in [0.2, 0.25) is 0 Å². The molecule has 0 aliphatic carbocycles. The maximum Gasteiger partial charge on any atom is 0.409 e. The minimum absolute atomic E-state index is 0.141. The molecule has 0 N–H and O–H groups in total. The van der Waals surface area contributed by atoms with Crippen LogP contribution >= 0.6 is 0 Å². The molecule has 1 atom stereocenters. The van der Waals surface area contributed by atoms with E-state index in [0.717, 1.165) is 58.3 Å². The van der Waals surface area contributed by atoms with E-state index in [-0.39, 0.29) is 6.09 Å². The molecule has 2 fully saturated rings. The smallest absolute Gasteiger partial charge is 0.409 e. The number of methoxy groups -OCH3 is 1. The van der Waals surface area contributed by atoms with Gasteiger partial charge in [0.15, 0.2) is 0 Å². The number of rotatable bonds is 10. The van der Waals surface area contributed by atoms with Crippen molar-refractivity contribution in [1.82, 2.24) is 9.80 Å². The SMILES string of the molecule is CCC/C(=N\CCCCOC)C1CCN(C2CCCN(C(=O)OCC)CC2)CC1. The number of aliphatic imine (C=N–C) groups is 1. The quantitative estimate of drug-likeness (QED) is 0.397. The third-order valence-corrected chi connectivity index (χ3v) is 6.32. The molecule has 0 bridgehead atoms. The van der Waals surface area contributed by atoms with Gasteiger partial charge in [0.25, 0.3) is 0 Å². The maximum absolute atomic E-state index is 12.0. The second kappa shape index (κ2) is 14.0. The molecule has 0 aromatic heterocycles. The van der Waals surface area contributed by atoms with Gasteiger partial charge in [-0.05, 0) is 77.3 Å². The minimum Gasteiger partial charge on any atom is -0.450 e. The van der Waals surface area contributed by atoms with Gasteiger partial charge in [0.05, 0.1) is 6.61 Å². The van der Waals surface area contributed by atoms with Gasteiger partial charge in [-0.3, -0.25) is 4.99 Å². The maximum atomic E-state index is 12.0. The topological polar surface area (TPSA) is 54.4 Å². The molecular weight excluding hydrogens is 366 g/mol. The summed E-state index contributed by atoms with van der Waals surface area (Å²) in [5.41, 5.74) is 1.46. The van der Waals surface area contributed by atoms with Gasteiger partial charge in [0.1, 0.15) is 0 Å². The molecule has 6 nitrogen and oxygen atoms in total. The molecule has 6 heteroatoms. The predicted octanol–water partition coefficient (Wildman–Crippen LogP) is 4.38. The Kier molecular flexibility index (Phi) is 11.6. The van der Waals surface area contributed by atoms with Crippen LogP contribution in [0.1, 0.15) is 71.6 Å². The van der Waals surface area contributed by atoms with Crippen molar-refractivity contribution >= 4 is 11.8 Å². The van der Waals surface area contributed by atoms with Crippen LogP contribution in [0.4, 0.5) is 4.79 Å². The Hall–Kier alpha value is -1.14. The number of ether oxygens (including phenoxy) is 2. The lowest BCUT2D eigenvalue weighted by Crippen LogP contribution is -2.43. The fourth-order valence-electron chi connectivity index (χ4n) is 4.69. The summed E-state index contributed by atoms with van der Waals surface area (Å²) in [6.45, 7) is 10.4. The van der Waals surface area contributed by atoms with Crippen LogP contribution in [-0.2, 0) is 9.47 Å². The van der Waals surface area contributed by atoms with Crippen molar-refractivity contribution in [1.29, 1.82) is 0 Å². The lowest BCUT2D eigenvalue weighted by molar-refractivity contribution is 0.105. The van der Waals surface area contributed by atoms with Gasteiger partial charge in [-0.1, -0.05) is 13.3 Å². The molecule has 2 aliphatic rings. The molecule has 0 spiro atoms. The van der Waals surface area contributed by atoms with Gasteiger partial charge in [-0.15, -0.1) is 0 Å². The van der Waals surface area contributed by atoms with Crippen molar-refractivity contribution in [3.8, 4) is 0 Å². The molecule has 0 saturated carbocycles. The molecule has 0 aromatic rings. The van der Waals surface area contributed by atoms with Crippen LogP contribution < -0.4 is 0 Å². The van der Waals surface area contributed by atoms with E-state index in [1.165, 1.54) is 44.5 Å². The molecule has 168 valence electrons. The van der Waals surface area contributed by atoms with Crippen molar-refractivity contribution in [2.24, 2.45) is 10.9 Å². The summed E-state index contributed by atoms with van der Waals surface area (Å²) in [5, 5.41) is 0. The molecule has 29 heavy (non-hydrogen) atoms. The molecule has 1 amide bonds. The van der Waals surface area contributed by atoms with Gasteiger partial charge in [-0.25, -0.2) is 4.79 Å². The number of carbonyl (C=O) groups is 1. The minimum atomic E-state index is -0.141. The highest BCUT2D eigenvalue weighted by molar-refractivity contribution is 5.86. The van der Waals surface area contributed by atoms with E-state index in [4.69, 9.17) is 14.5 Å². The van der Waals surface area contributed by atoms with Gasteiger partial charge >= 0.3 is 6.09 Å². The highest BCUT2D eigenvalue weighted by Gasteiger charge is 2.29. The summed E-state index contributed by atoms with van der Waals surface area (Å²) < 4.78 is 10.3. The second-order valence-electron chi connectivity index (χ2n) is 8.40. The zero-order valence-corrected chi connectivity index (χ0v) is 19.0. The van der Waals surface area contributed by atoms with Crippen LogP contribution in [0.5, 0.6) is 0 Å². The van der Waals surface area contributed by atoms with E-state index in [9.17, 15) is 4.79 Å². The molecule has 0 aromatic carbocycles. The molecule has 1 unspecified atom stereocenters. The van der Waals surface area contributed by atoms with Crippen molar-refractivity contribution in [3.05, 3.63) is 0 Å². The number of carbonyl (C=O) groups excluding carboxylic acids is 1. The number of amides is 1. The lowest BCUT2D eigenvalue weighted by atomic mass is 9.88. The zero-order valence-electron chi connectivity index (χ0n) is 19.0. The second-order valence-corrected chi connectivity index (χ2v) is 8.40. The summed E-state index contributed by atoms with van der Waals surface area (Å²) in [4.78, 5) is 21.6. The van der Waals surface area contributed by atoms with Crippen LogP contribution in [0, 0.1) is 5.92 Å². The van der Waals surface area contributed by atoms with Crippen molar-refractivity contribution < 1.29 is 14.3 Å². The molecule has 0 radical (unpaired) electrons. The standard InChI is InChI=1S/C23H43N3O3/c1-4-9-22(24-14-6-7-19-28-3)20-11-16-25(17-12-20)21-10-8-15-26(18-13-21)23(27)29-5-2/h20-21H,4-19H2,1-3H3/b24-22+. The third-order valence-electron chi connectivity index (χ3n) is 6.32. The third kappa shape index (κ3) is 8.25. The van der Waals surface area contributed by atoms with E-state index >= 15 is 0 Å². The number of likely N-dealkylation sites (tertiary alicyclic amines) is 2. The van der Waals surface area contributed by atoms with E-state index in [1.54, 1.807) is 7.11 Å². The van der Waals surface area contributed by atoms with Gasteiger partial charge in [-0.2, -0.15) is 0 Å².